The molecule has 7 nitrogen and oxygen atoms in total. The number of nitrogens with one attached hydrogen (secondary N) is 1. The van der Waals surface area contributed by atoms with Crippen molar-refractivity contribution in [3.05, 3.63) is 89.8 Å². The van der Waals surface area contributed by atoms with Crippen LogP contribution in [0.1, 0.15) is 32.1 Å². The summed E-state index contributed by atoms with van der Waals surface area (Å²) < 4.78 is 38.8. The lowest BCUT2D eigenvalue weighted by molar-refractivity contribution is -0.137. The van der Waals surface area contributed by atoms with Crippen molar-refractivity contribution >= 4 is 17.9 Å². The standard InChI is InChI=1S/C24H16F3N5O2/c1-14-2-3-17(31-23(34)20-9-16(5-7-30-20)24(25,26)27)10-19(14)22-12-28-11-21(32-22)15-4-6-29-18(8-15)13-33/h2-13H,1H3,(H,31,34). The summed E-state index contributed by atoms with van der Waals surface area (Å²) >= 11 is 0. The van der Waals surface area contributed by atoms with Crippen molar-refractivity contribution in [2.75, 3.05) is 5.32 Å². The van der Waals surface area contributed by atoms with Gasteiger partial charge in [0.05, 0.1) is 29.3 Å². The summed E-state index contributed by atoms with van der Waals surface area (Å²) in [5.41, 5.74) is 2.47. The van der Waals surface area contributed by atoms with Gasteiger partial charge in [0.15, 0.2) is 6.29 Å². The Balaban J connectivity index is 1.63. The van der Waals surface area contributed by atoms with Crippen LogP contribution in [-0.4, -0.2) is 32.1 Å². The lowest BCUT2D eigenvalue weighted by Gasteiger charge is -2.11. The van der Waals surface area contributed by atoms with Gasteiger partial charge in [-0.05, 0) is 48.9 Å². The molecule has 3 heterocycles. The van der Waals surface area contributed by atoms with E-state index < -0.39 is 17.6 Å². The van der Waals surface area contributed by atoms with E-state index in [2.05, 4.69) is 25.3 Å². The maximum absolute atomic E-state index is 12.9. The minimum Gasteiger partial charge on any atom is -0.321 e. The van der Waals surface area contributed by atoms with Gasteiger partial charge in [-0.1, -0.05) is 6.07 Å². The van der Waals surface area contributed by atoms with Crippen molar-refractivity contribution in [2.24, 2.45) is 0 Å². The largest absolute Gasteiger partial charge is 0.416 e. The monoisotopic (exact) mass is 463 g/mol. The van der Waals surface area contributed by atoms with Gasteiger partial charge in [-0.3, -0.25) is 24.5 Å². The van der Waals surface area contributed by atoms with Crippen molar-refractivity contribution in [1.29, 1.82) is 0 Å². The van der Waals surface area contributed by atoms with Crippen molar-refractivity contribution in [1.82, 2.24) is 19.9 Å². The number of alkyl halides is 3. The van der Waals surface area contributed by atoms with Gasteiger partial charge in [0, 0.05) is 29.2 Å². The summed E-state index contributed by atoms with van der Waals surface area (Å²) in [6, 6.07) is 9.81. The number of carbonyl (C=O) groups is 2. The van der Waals surface area contributed by atoms with Crippen LogP contribution in [0.5, 0.6) is 0 Å². The number of aryl methyl sites for hydroxylation is 1. The Morgan fingerprint density at radius 3 is 2.50 bits per heavy atom. The summed E-state index contributed by atoms with van der Waals surface area (Å²) in [6.45, 7) is 1.85. The van der Waals surface area contributed by atoms with Gasteiger partial charge in [-0.15, -0.1) is 0 Å². The number of pyridine rings is 2. The SMILES string of the molecule is Cc1ccc(NC(=O)c2cc(C(F)(F)F)ccn2)cc1-c1cncc(-c2ccnc(C=O)c2)n1. The minimum atomic E-state index is -4.58. The molecule has 0 aliphatic heterocycles. The molecule has 4 rings (SSSR count). The number of amides is 1. The second kappa shape index (κ2) is 9.18. The van der Waals surface area contributed by atoms with E-state index in [-0.39, 0.29) is 11.4 Å². The van der Waals surface area contributed by atoms with Crippen LogP contribution in [0.2, 0.25) is 0 Å². The minimum absolute atomic E-state index is 0.258. The second-order valence-corrected chi connectivity index (χ2v) is 7.29. The van der Waals surface area contributed by atoms with Gasteiger partial charge in [-0.2, -0.15) is 13.2 Å². The molecule has 34 heavy (non-hydrogen) atoms. The van der Waals surface area contributed by atoms with Crippen molar-refractivity contribution in [2.45, 2.75) is 13.1 Å². The van der Waals surface area contributed by atoms with Gasteiger partial charge >= 0.3 is 6.18 Å². The van der Waals surface area contributed by atoms with Crippen molar-refractivity contribution < 1.29 is 22.8 Å². The van der Waals surface area contributed by atoms with Crippen LogP contribution in [-0.2, 0) is 6.18 Å². The summed E-state index contributed by atoms with van der Waals surface area (Å²) in [4.78, 5) is 40.1. The Morgan fingerprint density at radius 1 is 0.971 bits per heavy atom. The molecular weight excluding hydrogens is 447 g/mol. The molecule has 0 saturated carbocycles. The topological polar surface area (TPSA) is 97.7 Å². The molecule has 0 bridgehead atoms. The quantitative estimate of drug-likeness (QED) is 0.419. The molecule has 10 heteroatoms. The smallest absolute Gasteiger partial charge is 0.321 e. The third kappa shape index (κ3) is 4.96. The first-order valence-corrected chi connectivity index (χ1v) is 9.94. The van der Waals surface area contributed by atoms with Crippen molar-refractivity contribution in [3.63, 3.8) is 0 Å². The highest BCUT2D eigenvalue weighted by molar-refractivity contribution is 6.03. The fraction of sp³-hybridized carbons (Fsp3) is 0.0833. The number of nitrogens with zero attached hydrogens (tertiary/aromatic N) is 4. The summed E-state index contributed by atoms with van der Waals surface area (Å²) in [7, 11) is 0. The first-order valence-electron chi connectivity index (χ1n) is 9.94. The van der Waals surface area contributed by atoms with Crippen LogP contribution in [0.15, 0.2) is 67.3 Å². The Bertz CT molecular complexity index is 1390. The van der Waals surface area contributed by atoms with E-state index in [1.807, 2.05) is 6.92 Å². The molecule has 3 aromatic heterocycles. The van der Waals surface area contributed by atoms with E-state index >= 15 is 0 Å². The Labute approximate surface area is 191 Å². The van der Waals surface area contributed by atoms with E-state index in [0.717, 1.165) is 17.8 Å². The lowest BCUT2D eigenvalue weighted by atomic mass is 10.0. The second-order valence-electron chi connectivity index (χ2n) is 7.29. The maximum Gasteiger partial charge on any atom is 0.416 e. The van der Waals surface area contributed by atoms with E-state index in [0.29, 0.717) is 40.6 Å². The highest BCUT2D eigenvalue weighted by Gasteiger charge is 2.31. The lowest BCUT2D eigenvalue weighted by Crippen LogP contribution is -2.15. The van der Waals surface area contributed by atoms with Crippen LogP contribution >= 0.6 is 0 Å². The number of hydrogen-bond acceptors (Lipinski definition) is 6. The number of anilines is 1. The first-order chi connectivity index (χ1) is 16.2. The highest BCUT2D eigenvalue weighted by Crippen LogP contribution is 2.30. The molecule has 0 unspecified atom stereocenters. The average molecular weight is 463 g/mol. The van der Waals surface area contributed by atoms with Gasteiger partial charge in [0.1, 0.15) is 11.4 Å². The number of rotatable bonds is 5. The fourth-order valence-electron chi connectivity index (χ4n) is 3.21. The van der Waals surface area contributed by atoms with Crippen molar-refractivity contribution in [3.8, 4) is 22.5 Å². The molecule has 0 spiro atoms. The third-order valence-corrected chi connectivity index (χ3v) is 4.92. The van der Waals surface area contributed by atoms with Gasteiger partial charge < -0.3 is 5.32 Å². The molecule has 0 fully saturated rings. The van der Waals surface area contributed by atoms with Crippen LogP contribution in [0, 0.1) is 6.92 Å². The number of carbonyl (C=O) groups excluding carboxylic acids is 2. The zero-order valence-electron chi connectivity index (χ0n) is 17.7. The summed E-state index contributed by atoms with van der Waals surface area (Å²) in [6.07, 6.45) is 1.59. The molecule has 1 aromatic carbocycles. The predicted octanol–water partition coefficient (Wildman–Crippen LogP) is 4.99. The van der Waals surface area contributed by atoms with E-state index in [9.17, 15) is 22.8 Å². The zero-order chi connectivity index (χ0) is 24.3. The van der Waals surface area contributed by atoms with Gasteiger partial charge in [0.25, 0.3) is 5.91 Å². The fourth-order valence-corrected chi connectivity index (χ4v) is 3.21. The molecule has 0 atom stereocenters. The molecule has 0 saturated heterocycles. The molecule has 4 aromatic rings. The Kier molecular flexibility index (Phi) is 6.13. The molecule has 170 valence electrons. The molecule has 0 aliphatic rings. The average Bonchev–Trinajstić information content (AvgIpc) is 2.85. The number of aldehydes is 1. The van der Waals surface area contributed by atoms with Crippen LogP contribution in [0.4, 0.5) is 18.9 Å². The normalized spacial score (nSPS) is 11.2. The first kappa shape index (κ1) is 22.7. The molecule has 1 N–H and O–H groups in total. The zero-order valence-corrected chi connectivity index (χ0v) is 17.7. The van der Waals surface area contributed by atoms with Gasteiger partial charge in [0.2, 0.25) is 0 Å². The highest BCUT2D eigenvalue weighted by atomic mass is 19.4. The molecule has 1 amide bonds. The number of hydrogen-bond donors (Lipinski definition) is 1. The molecule has 0 radical (unpaired) electrons. The Morgan fingerprint density at radius 2 is 1.74 bits per heavy atom. The maximum atomic E-state index is 12.9. The van der Waals surface area contributed by atoms with E-state index in [1.54, 1.807) is 42.7 Å². The Hall–Kier alpha value is -4.47. The van der Waals surface area contributed by atoms with Gasteiger partial charge in [-0.25, -0.2) is 4.98 Å². The summed E-state index contributed by atoms with van der Waals surface area (Å²) in [5.74, 6) is -0.779. The van der Waals surface area contributed by atoms with Crippen LogP contribution in [0.25, 0.3) is 22.5 Å². The number of benzene rings is 1. The molecular formula is C24H16F3N5O2. The predicted molar refractivity (Wildman–Crippen MR) is 118 cm³/mol. The number of aromatic nitrogens is 4. The summed E-state index contributed by atoms with van der Waals surface area (Å²) in [5, 5.41) is 2.57. The number of halogens is 3. The molecule has 0 aliphatic carbocycles. The van der Waals surface area contributed by atoms with E-state index in [4.69, 9.17) is 0 Å². The van der Waals surface area contributed by atoms with Crippen LogP contribution in [0.3, 0.4) is 0 Å². The van der Waals surface area contributed by atoms with Crippen LogP contribution < -0.4 is 5.32 Å². The third-order valence-electron chi connectivity index (χ3n) is 4.92. The van der Waals surface area contributed by atoms with E-state index in [1.165, 1.54) is 6.20 Å².